The number of rotatable bonds is 11. The third kappa shape index (κ3) is 7.01. The first-order valence-electron chi connectivity index (χ1n) is 14.4. The molecule has 6 aromatic rings. The van der Waals surface area contributed by atoms with Gasteiger partial charge in [-0.05, 0) is 65.9 Å². The average molecular weight is 670 g/mol. The number of ether oxygens (including phenoxy) is 1. The van der Waals surface area contributed by atoms with E-state index in [1.165, 1.54) is 37.4 Å². The summed E-state index contributed by atoms with van der Waals surface area (Å²) in [5.41, 5.74) is 3.78. The average Bonchev–Trinajstić information content (AvgIpc) is 3.47. The topological polar surface area (TPSA) is 180 Å². The van der Waals surface area contributed by atoms with Crippen molar-refractivity contribution in [1.82, 2.24) is 25.1 Å². The highest BCUT2D eigenvalue weighted by atomic mass is 32.2. The molecule has 4 aromatic carbocycles. The number of H-pyrrole nitrogens is 1. The number of aromatic hydroxyl groups is 1. The normalized spacial score (nSPS) is 11.3. The number of hydrogen-bond donors (Lipinski definition) is 5. The number of phenols is 1. The van der Waals surface area contributed by atoms with Crippen molar-refractivity contribution < 1.29 is 32.3 Å². The predicted molar refractivity (Wildman–Crippen MR) is 175 cm³/mol. The number of carbonyl (C=O) groups excluding carboxylic acids is 1. The third-order valence-corrected chi connectivity index (χ3v) is 8.60. The fourth-order valence-corrected chi connectivity index (χ4v) is 5.93. The fourth-order valence-electron chi connectivity index (χ4n) is 4.91. The monoisotopic (exact) mass is 669 g/mol. The van der Waals surface area contributed by atoms with E-state index in [0.717, 1.165) is 17.1 Å². The van der Waals surface area contributed by atoms with Crippen molar-refractivity contribution >= 4 is 50.0 Å². The Morgan fingerprint density at radius 2 is 1.79 bits per heavy atom. The number of phenolic OH excluding ortho intramolecular Hbond substituents is 1. The molecule has 2 aromatic heterocycles. The Bertz CT molecular complexity index is 2260. The Hall–Kier alpha value is -6.06. The molecule has 0 radical (unpaired) electrons. The van der Waals surface area contributed by atoms with Gasteiger partial charge in [-0.1, -0.05) is 30.3 Å². The van der Waals surface area contributed by atoms with Gasteiger partial charge in [0.05, 0.1) is 35.0 Å². The first kappa shape index (κ1) is 31.9. The summed E-state index contributed by atoms with van der Waals surface area (Å²) in [6.45, 7) is 1.64. The maximum Gasteiger partial charge on any atom is 0.357 e. The molecule has 0 amide bonds. The summed E-state index contributed by atoms with van der Waals surface area (Å²) < 4.78 is 45.1. The van der Waals surface area contributed by atoms with Crippen LogP contribution in [0.5, 0.6) is 11.5 Å². The molecular formula is C33H28FN7O6S. The first-order valence-corrected chi connectivity index (χ1v) is 15.9. The molecule has 0 saturated heterocycles. The highest BCUT2D eigenvalue weighted by molar-refractivity contribution is 7.89. The van der Waals surface area contributed by atoms with Gasteiger partial charge in [0, 0.05) is 34.8 Å². The number of hydrogen-bond acceptors (Lipinski definition) is 11. The maximum atomic E-state index is 14.4. The van der Waals surface area contributed by atoms with E-state index in [1.807, 2.05) is 11.0 Å². The lowest BCUT2D eigenvalue weighted by molar-refractivity contribution is 0.0407. The lowest BCUT2D eigenvalue weighted by Gasteiger charge is -2.11. The van der Waals surface area contributed by atoms with Crippen molar-refractivity contribution in [2.75, 3.05) is 17.7 Å². The van der Waals surface area contributed by atoms with Crippen LogP contribution in [0.4, 0.5) is 27.5 Å². The first-order chi connectivity index (χ1) is 23.1. The van der Waals surface area contributed by atoms with Gasteiger partial charge in [-0.25, -0.2) is 22.6 Å². The minimum absolute atomic E-state index is 0.00326. The smallest absolute Gasteiger partial charge is 0.357 e. The number of aryl methyl sites for hydroxylation is 1. The predicted octanol–water partition coefficient (Wildman–Crippen LogP) is 5.64. The molecule has 15 heteroatoms. The lowest BCUT2D eigenvalue weighted by atomic mass is 10.0. The molecule has 0 unspecified atom stereocenters. The number of methoxy groups -OCH3 is 1. The summed E-state index contributed by atoms with van der Waals surface area (Å²) >= 11 is 0. The quantitative estimate of drug-likeness (QED) is 0.108. The van der Waals surface area contributed by atoms with E-state index in [4.69, 9.17) is 9.57 Å². The van der Waals surface area contributed by atoms with E-state index in [9.17, 15) is 22.7 Å². The number of halogens is 1. The van der Waals surface area contributed by atoms with Gasteiger partial charge in [-0.3, -0.25) is 5.10 Å². The van der Waals surface area contributed by atoms with Gasteiger partial charge in [-0.15, -0.1) is 0 Å². The van der Waals surface area contributed by atoms with Gasteiger partial charge in [0.2, 0.25) is 5.95 Å². The van der Waals surface area contributed by atoms with Crippen molar-refractivity contribution in [2.24, 2.45) is 0 Å². The zero-order valence-corrected chi connectivity index (χ0v) is 26.3. The second kappa shape index (κ2) is 13.4. The third-order valence-electron chi connectivity index (χ3n) is 7.26. The number of nitrogens with zero attached hydrogens (tertiary/aromatic N) is 3. The van der Waals surface area contributed by atoms with E-state index in [1.54, 1.807) is 55.5 Å². The Morgan fingerprint density at radius 3 is 2.58 bits per heavy atom. The second-order valence-electron chi connectivity index (χ2n) is 10.6. The van der Waals surface area contributed by atoms with Crippen LogP contribution in [0.2, 0.25) is 0 Å². The van der Waals surface area contributed by atoms with Gasteiger partial charge >= 0.3 is 5.97 Å². The highest BCUT2D eigenvalue weighted by Gasteiger charge is 2.21. The number of aromatic amines is 1. The number of aromatic nitrogens is 4. The van der Waals surface area contributed by atoms with Crippen molar-refractivity contribution in [2.45, 2.75) is 18.2 Å². The molecule has 13 nitrogen and oxygen atoms in total. The molecule has 0 aliphatic rings. The Labute approximate surface area is 273 Å². The van der Waals surface area contributed by atoms with Crippen molar-refractivity contribution in [1.29, 1.82) is 0 Å². The molecule has 0 aliphatic carbocycles. The van der Waals surface area contributed by atoms with Gasteiger partial charge < -0.3 is 25.3 Å². The maximum absolute atomic E-state index is 14.4. The van der Waals surface area contributed by atoms with Crippen LogP contribution in [0.3, 0.4) is 0 Å². The van der Waals surface area contributed by atoms with Crippen LogP contribution in [0.1, 0.15) is 27.2 Å². The van der Waals surface area contributed by atoms with E-state index in [0.29, 0.717) is 40.3 Å². The largest absolute Gasteiger partial charge is 0.508 e. The van der Waals surface area contributed by atoms with Crippen LogP contribution in [-0.2, 0) is 21.3 Å². The number of fused-ring (bicyclic) bond motifs is 1. The Balaban J connectivity index is 1.14. The molecular weight excluding hydrogens is 641 g/mol. The van der Waals surface area contributed by atoms with Crippen LogP contribution in [-0.4, -0.2) is 46.8 Å². The SMILES string of the molecule is COc1cc(C(=O)ONS(=O)(=O)c2ccccc2C)ccc1Cc1n[nH]c2cc(Nc3ncc(F)c(Nc4cccc(O)c4)n3)ccc12. The minimum atomic E-state index is -4.08. The number of nitrogens with one attached hydrogen (secondary N) is 4. The summed E-state index contributed by atoms with van der Waals surface area (Å²) in [6, 6.07) is 22.6. The summed E-state index contributed by atoms with van der Waals surface area (Å²) in [6.07, 6.45) is 1.38. The molecule has 48 heavy (non-hydrogen) atoms. The zero-order chi connectivity index (χ0) is 33.8. The lowest BCUT2D eigenvalue weighted by Crippen LogP contribution is -2.28. The summed E-state index contributed by atoms with van der Waals surface area (Å²) in [5, 5.41) is 23.8. The number of anilines is 4. The van der Waals surface area contributed by atoms with E-state index < -0.39 is 21.8 Å². The number of carbonyl (C=O) groups is 1. The minimum Gasteiger partial charge on any atom is -0.508 e. The van der Waals surface area contributed by atoms with Crippen LogP contribution < -0.4 is 20.3 Å². The fraction of sp³-hybridized carbons (Fsp3) is 0.0909. The molecule has 0 bridgehead atoms. The van der Waals surface area contributed by atoms with Crippen molar-refractivity contribution in [3.63, 3.8) is 0 Å². The summed E-state index contributed by atoms with van der Waals surface area (Å²) in [4.78, 5) is 27.7. The molecule has 6 rings (SSSR count). The Morgan fingerprint density at radius 1 is 0.979 bits per heavy atom. The van der Waals surface area contributed by atoms with Crippen LogP contribution in [0.25, 0.3) is 10.9 Å². The highest BCUT2D eigenvalue weighted by Crippen LogP contribution is 2.29. The van der Waals surface area contributed by atoms with Crippen LogP contribution in [0.15, 0.2) is 96.0 Å². The van der Waals surface area contributed by atoms with Crippen molar-refractivity contribution in [3.8, 4) is 11.5 Å². The molecule has 0 atom stereocenters. The molecule has 0 fully saturated rings. The second-order valence-corrected chi connectivity index (χ2v) is 12.2. The van der Waals surface area contributed by atoms with Crippen LogP contribution >= 0.6 is 0 Å². The number of sulfonamides is 1. The van der Waals surface area contributed by atoms with Gasteiger partial charge in [-0.2, -0.15) is 10.1 Å². The van der Waals surface area contributed by atoms with Gasteiger partial charge in [0.1, 0.15) is 11.5 Å². The molecule has 0 aliphatic heterocycles. The molecule has 5 N–H and O–H groups in total. The Kier molecular flexibility index (Phi) is 8.87. The summed E-state index contributed by atoms with van der Waals surface area (Å²) in [5.74, 6) is -1.10. The molecule has 2 heterocycles. The van der Waals surface area contributed by atoms with E-state index in [-0.39, 0.29) is 28.0 Å². The molecule has 0 spiro atoms. The van der Waals surface area contributed by atoms with Crippen LogP contribution in [0, 0.1) is 12.7 Å². The zero-order valence-electron chi connectivity index (χ0n) is 25.5. The van der Waals surface area contributed by atoms with E-state index >= 15 is 0 Å². The van der Waals surface area contributed by atoms with Gasteiger partial charge in [0.25, 0.3) is 10.0 Å². The van der Waals surface area contributed by atoms with Gasteiger partial charge in [0.15, 0.2) is 11.6 Å². The molecule has 244 valence electrons. The molecule has 0 saturated carbocycles. The number of benzene rings is 4. The van der Waals surface area contributed by atoms with Crippen molar-refractivity contribution in [3.05, 3.63) is 119 Å². The standard InChI is InChI=1S/C33H28FN7O6S/c1-19-6-3-4-9-30(19)48(44,45)41-47-32(43)21-11-10-20(29(15-21)46-2)14-27-25-13-12-23(17-28(25)40-39-27)37-33-35-18-26(34)31(38-33)36-22-7-5-8-24(42)16-22/h3-13,15-18,41-42H,14H2,1-2H3,(H,39,40)(H2,35,36,37,38). The van der Waals surface area contributed by atoms with E-state index in [2.05, 4.69) is 30.8 Å². The summed E-state index contributed by atoms with van der Waals surface area (Å²) in [7, 11) is -2.63.